The third kappa shape index (κ3) is 2.32. The van der Waals surface area contributed by atoms with Crippen LogP contribution in [0.25, 0.3) is 16.7 Å². The Morgan fingerprint density at radius 2 is 2.18 bits per heavy atom. The van der Waals surface area contributed by atoms with E-state index in [1.165, 1.54) is 19.8 Å². The van der Waals surface area contributed by atoms with Crippen molar-refractivity contribution in [3.8, 4) is 5.82 Å². The zero-order valence-electron chi connectivity index (χ0n) is 12.2. The molecule has 22 heavy (non-hydrogen) atoms. The van der Waals surface area contributed by atoms with Crippen molar-refractivity contribution >= 4 is 22.6 Å². The van der Waals surface area contributed by atoms with E-state index in [1.54, 1.807) is 17.1 Å². The normalized spacial score (nSPS) is 14.2. The second-order valence-electron chi connectivity index (χ2n) is 5.56. The second-order valence-corrected chi connectivity index (χ2v) is 5.56. The number of fused-ring (bicyclic) bond motifs is 1. The highest BCUT2D eigenvalue weighted by Crippen LogP contribution is 2.39. The first kappa shape index (κ1) is 12.9. The van der Waals surface area contributed by atoms with E-state index in [1.807, 2.05) is 18.2 Å². The van der Waals surface area contributed by atoms with Crippen LogP contribution in [0.4, 0.5) is 5.82 Å². The smallest absolute Gasteiger partial charge is 0.222 e. The molecule has 0 aliphatic heterocycles. The molecule has 0 saturated heterocycles. The number of pyridine rings is 2. The Hall–Kier alpha value is -2.76. The van der Waals surface area contributed by atoms with Crippen LogP contribution in [0.3, 0.4) is 0 Å². The molecule has 1 aliphatic rings. The fraction of sp³-hybridized carbons (Fsp3) is 0.250. The van der Waals surface area contributed by atoms with Crippen molar-refractivity contribution < 1.29 is 4.79 Å². The lowest BCUT2D eigenvalue weighted by atomic mass is 10.2. The molecule has 1 saturated carbocycles. The lowest BCUT2D eigenvalue weighted by Crippen LogP contribution is -2.07. The van der Waals surface area contributed by atoms with E-state index in [4.69, 9.17) is 4.98 Å². The van der Waals surface area contributed by atoms with Gasteiger partial charge in [0.15, 0.2) is 5.82 Å². The number of anilines is 1. The van der Waals surface area contributed by atoms with Gasteiger partial charge in [-0.25, -0.2) is 14.6 Å². The molecule has 1 aliphatic carbocycles. The van der Waals surface area contributed by atoms with E-state index >= 15 is 0 Å². The predicted molar refractivity (Wildman–Crippen MR) is 82.9 cm³/mol. The fourth-order valence-electron chi connectivity index (χ4n) is 2.52. The first-order valence-electron chi connectivity index (χ1n) is 7.29. The zero-order valence-corrected chi connectivity index (χ0v) is 12.2. The number of aromatic nitrogens is 4. The van der Waals surface area contributed by atoms with Gasteiger partial charge in [-0.1, -0.05) is 6.07 Å². The van der Waals surface area contributed by atoms with Gasteiger partial charge in [0.2, 0.25) is 5.91 Å². The molecule has 3 aromatic rings. The minimum atomic E-state index is -0.147. The molecule has 3 aromatic heterocycles. The van der Waals surface area contributed by atoms with Gasteiger partial charge in [0.05, 0.1) is 11.7 Å². The fourth-order valence-corrected chi connectivity index (χ4v) is 2.52. The summed E-state index contributed by atoms with van der Waals surface area (Å²) in [6.07, 6.45) is 5.89. The molecule has 1 amide bonds. The molecule has 0 spiro atoms. The molecule has 1 fully saturated rings. The Balaban J connectivity index is 1.80. The lowest BCUT2D eigenvalue weighted by molar-refractivity contribution is -0.114. The molecule has 0 bridgehead atoms. The van der Waals surface area contributed by atoms with Crippen LogP contribution in [0.2, 0.25) is 0 Å². The van der Waals surface area contributed by atoms with Gasteiger partial charge in [-0.2, -0.15) is 5.10 Å². The van der Waals surface area contributed by atoms with Crippen molar-refractivity contribution in [1.29, 1.82) is 0 Å². The van der Waals surface area contributed by atoms with Crippen LogP contribution in [-0.4, -0.2) is 25.7 Å². The number of carbonyl (C=O) groups excluding carboxylic acids is 1. The third-order valence-electron chi connectivity index (χ3n) is 3.73. The SMILES string of the molecule is CC(=O)Nc1cc2c(cn1)cnn2-c1cccc(C2CC2)n1. The van der Waals surface area contributed by atoms with Crippen LogP contribution in [0.1, 0.15) is 31.4 Å². The van der Waals surface area contributed by atoms with Crippen molar-refractivity contribution in [3.05, 3.63) is 42.4 Å². The number of nitrogens with zero attached hydrogens (tertiary/aromatic N) is 4. The number of hydrogen-bond donors (Lipinski definition) is 1. The second kappa shape index (κ2) is 4.91. The van der Waals surface area contributed by atoms with Gasteiger partial charge in [0.25, 0.3) is 0 Å². The molecule has 3 heterocycles. The van der Waals surface area contributed by atoms with E-state index in [9.17, 15) is 4.79 Å². The van der Waals surface area contributed by atoms with Crippen LogP contribution in [-0.2, 0) is 4.79 Å². The van der Waals surface area contributed by atoms with Crippen molar-refractivity contribution in [1.82, 2.24) is 19.7 Å². The molecular formula is C16H15N5O. The molecular weight excluding hydrogens is 278 g/mol. The monoisotopic (exact) mass is 293 g/mol. The molecule has 1 N–H and O–H groups in total. The molecule has 6 nitrogen and oxygen atoms in total. The Bertz CT molecular complexity index is 866. The van der Waals surface area contributed by atoms with E-state index in [0.29, 0.717) is 11.7 Å². The van der Waals surface area contributed by atoms with Gasteiger partial charge in [-0.05, 0) is 25.0 Å². The molecule has 0 radical (unpaired) electrons. The van der Waals surface area contributed by atoms with Crippen LogP contribution in [0, 0.1) is 0 Å². The van der Waals surface area contributed by atoms with E-state index in [0.717, 1.165) is 22.4 Å². The number of amides is 1. The molecule has 4 rings (SSSR count). The summed E-state index contributed by atoms with van der Waals surface area (Å²) in [4.78, 5) is 20.1. The number of hydrogen-bond acceptors (Lipinski definition) is 4. The van der Waals surface area contributed by atoms with Crippen LogP contribution in [0.5, 0.6) is 0 Å². The van der Waals surface area contributed by atoms with Gasteiger partial charge < -0.3 is 5.32 Å². The van der Waals surface area contributed by atoms with Crippen LogP contribution < -0.4 is 5.32 Å². The summed E-state index contributed by atoms with van der Waals surface area (Å²) in [5, 5.41) is 8.01. The summed E-state index contributed by atoms with van der Waals surface area (Å²) in [6.45, 7) is 1.46. The van der Waals surface area contributed by atoms with E-state index in [-0.39, 0.29) is 5.91 Å². The average Bonchev–Trinajstić information content (AvgIpc) is 3.27. The van der Waals surface area contributed by atoms with Gasteiger partial charge in [0.1, 0.15) is 5.82 Å². The van der Waals surface area contributed by atoms with Crippen molar-refractivity contribution in [2.24, 2.45) is 0 Å². The maximum atomic E-state index is 11.2. The summed E-state index contributed by atoms with van der Waals surface area (Å²) in [7, 11) is 0. The highest BCUT2D eigenvalue weighted by atomic mass is 16.1. The maximum absolute atomic E-state index is 11.2. The number of carbonyl (C=O) groups is 1. The van der Waals surface area contributed by atoms with E-state index in [2.05, 4.69) is 21.5 Å². The molecule has 0 unspecified atom stereocenters. The summed E-state index contributed by atoms with van der Waals surface area (Å²) < 4.78 is 1.79. The van der Waals surface area contributed by atoms with Gasteiger partial charge >= 0.3 is 0 Å². The number of rotatable bonds is 3. The largest absolute Gasteiger partial charge is 0.311 e. The van der Waals surface area contributed by atoms with Gasteiger partial charge in [-0.3, -0.25) is 4.79 Å². The summed E-state index contributed by atoms with van der Waals surface area (Å²) in [6, 6.07) is 7.84. The first-order chi connectivity index (χ1) is 10.7. The zero-order chi connectivity index (χ0) is 15.1. The summed E-state index contributed by atoms with van der Waals surface area (Å²) >= 11 is 0. The third-order valence-corrected chi connectivity index (χ3v) is 3.73. The Morgan fingerprint density at radius 1 is 1.32 bits per heavy atom. The van der Waals surface area contributed by atoms with Gasteiger partial charge in [-0.15, -0.1) is 0 Å². The molecule has 6 heteroatoms. The average molecular weight is 293 g/mol. The topological polar surface area (TPSA) is 72.7 Å². The van der Waals surface area contributed by atoms with Gasteiger partial charge in [0, 0.05) is 36.2 Å². The highest BCUT2D eigenvalue weighted by Gasteiger charge is 2.25. The quantitative estimate of drug-likeness (QED) is 0.805. The minimum absolute atomic E-state index is 0.147. The summed E-state index contributed by atoms with van der Waals surface area (Å²) in [5.41, 5.74) is 2.00. The van der Waals surface area contributed by atoms with Crippen LogP contribution >= 0.6 is 0 Å². The Morgan fingerprint density at radius 3 is 2.95 bits per heavy atom. The molecule has 0 aromatic carbocycles. The predicted octanol–water partition coefficient (Wildman–Crippen LogP) is 2.65. The maximum Gasteiger partial charge on any atom is 0.222 e. The lowest BCUT2D eigenvalue weighted by Gasteiger charge is -2.06. The highest BCUT2D eigenvalue weighted by molar-refractivity contribution is 5.90. The van der Waals surface area contributed by atoms with Crippen molar-refractivity contribution in [2.75, 3.05) is 5.32 Å². The molecule has 0 atom stereocenters. The Labute approximate surface area is 127 Å². The van der Waals surface area contributed by atoms with Crippen molar-refractivity contribution in [2.45, 2.75) is 25.7 Å². The Kier molecular flexibility index (Phi) is 2.89. The van der Waals surface area contributed by atoms with E-state index < -0.39 is 0 Å². The minimum Gasteiger partial charge on any atom is -0.311 e. The number of nitrogens with one attached hydrogen (secondary N) is 1. The molecule has 110 valence electrons. The summed E-state index contributed by atoms with van der Waals surface area (Å²) in [5.74, 6) is 1.75. The van der Waals surface area contributed by atoms with Crippen molar-refractivity contribution in [3.63, 3.8) is 0 Å². The first-order valence-corrected chi connectivity index (χ1v) is 7.29. The van der Waals surface area contributed by atoms with Crippen LogP contribution in [0.15, 0.2) is 36.7 Å². The standard InChI is InChI=1S/C16H15N5O/c1-10(22)19-15-7-14-12(8-17-15)9-18-21(14)16-4-2-3-13(20-16)11-5-6-11/h2-4,7-9,11H,5-6H2,1H3,(H,17,19,22).